The summed E-state index contributed by atoms with van der Waals surface area (Å²) in [6, 6.07) is 2.34. The Bertz CT molecular complexity index is 716. The van der Waals surface area contributed by atoms with E-state index in [1.165, 1.54) is 4.88 Å². The first-order chi connectivity index (χ1) is 9.78. The molecule has 0 aromatic carbocycles. The third kappa shape index (κ3) is 2.98. The summed E-state index contributed by atoms with van der Waals surface area (Å²) in [7, 11) is 0. The number of hydrogen-bond donors (Lipinski definition) is 2. The third-order valence-corrected chi connectivity index (χ3v) is 5.01. The minimum Gasteiger partial charge on any atom is -0.384 e. The molecule has 20 heavy (non-hydrogen) atoms. The lowest BCUT2D eigenvalue weighted by atomic mass is 10.3. The van der Waals surface area contributed by atoms with Crippen LogP contribution in [0, 0.1) is 11.8 Å². The Morgan fingerprint density at radius 3 is 3.20 bits per heavy atom. The number of nitrogens with zero attached hydrogens (tertiary/aromatic N) is 2. The number of H-pyrrole nitrogens is 1. The number of aromatic amines is 1. The van der Waals surface area contributed by atoms with Gasteiger partial charge in [-0.05, 0) is 18.9 Å². The lowest BCUT2D eigenvalue weighted by molar-refractivity contribution is 0.350. The molecular weight excluding hydrogens is 294 g/mol. The van der Waals surface area contributed by atoms with Gasteiger partial charge in [0.2, 0.25) is 0 Å². The van der Waals surface area contributed by atoms with E-state index in [0.29, 0.717) is 6.04 Å². The molecule has 0 aliphatic heterocycles. The van der Waals surface area contributed by atoms with Crippen LogP contribution in [0.3, 0.4) is 0 Å². The third-order valence-electron chi connectivity index (χ3n) is 2.89. The topological polar surface area (TPSA) is 70.9 Å². The van der Waals surface area contributed by atoms with E-state index in [1.54, 1.807) is 27.7 Å². The van der Waals surface area contributed by atoms with Crippen molar-refractivity contribution in [3.8, 4) is 11.8 Å². The van der Waals surface area contributed by atoms with E-state index < -0.39 is 0 Å². The van der Waals surface area contributed by atoms with E-state index >= 15 is 0 Å². The molecule has 2 aromatic heterocycles. The van der Waals surface area contributed by atoms with Crippen molar-refractivity contribution >= 4 is 23.1 Å². The maximum Gasteiger partial charge on any atom is 0.344 e. The fraction of sp³-hybridized carbons (Fsp3) is 0.385. The lowest BCUT2D eigenvalue weighted by Crippen LogP contribution is -2.16. The van der Waals surface area contributed by atoms with Crippen molar-refractivity contribution in [2.45, 2.75) is 29.8 Å². The van der Waals surface area contributed by atoms with Crippen molar-refractivity contribution in [1.29, 1.82) is 0 Å². The van der Waals surface area contributed by atoms with Crippen LogP contribution in [0.15, 0.2) is 21.4 Å². The van der Waals surface area contributed by atoms with E-state index in [0.717, 1.165) is 29.3 Å². The Morgan fingerprint density at radius 2 is 2.45 bits per heavy atom. The molecule has 1 fully saturated rings. The highest BCUT2D eigenvalue weighted by Crippen LogP contribution is 2.36. The zero-order valence-corrected chi connectivity index (χ0v) is 12.3. The summed E-state index contributed by atoms with van der Waals surface area (Å²) in [6.07, 6.45) is 2.12. The molecule has 0 bridgehead atoms. The Kier molecular flexibility index (Phi) is 3.96. The number of aliphatic hydroxyl groups is 1. The first kappa shape index (κ1) is 13.5. The van der Waals surface area contributed by atoms with Gasteiger partial charge < -0.3 is 5.11 Å². The van der Waals surface area contributed by atoms with Crippen molar-refractivity contribution in [2.24, 2.45) is 0 Å². The summed E-state index contributed by atoms with van der Waals surface area (Å²) in [5.74, 6) is 6.28. The standard InChI is InChI=1S/C13H13N3O2S2/c17-5-1-2-9-6-11(19-7-9)8-20-13-15-14-12(18)16(13)10-3-4-10/h6-7,10,17H,3-5,8H2,(H,14,18). The number of aliphatic hydroxyl groups excluding tert-OH is 1. The Balaban J connectivity index is 1.67. The minimum atomic E-state index is -0.124. The zero-order chi connectivity index (χ0) is 13.9. The second-order valence-corrected chi connectivity index (χ2v) is 6.40. The predicted octanol–water partition coefficient (Wildman–Crippen LogP) is 1.60. The average Bonchev–Trinajstić information content (AvgIpc) is 3.06. The molecule has 1 saturated carbocycles. The van der Waals surface area contributed by atoms with E-state index in [9.17, 15) is 4.79 Å². The highest BCUT2D eigenvalue weighted by atomic mass is 32.2. The van der Waals surface area contributed by atoms with Crippen molar-refractivity contribution in [3.05, 3.63) is 32.4 Å². The largest absolute Gasteiger partial charge is 0.384 e. The summed E-state index contributed by atoms with van der Waals surface area (Å²) in [5.41, 5.74) is 0.803. The molecule has 1 aliphatic rings. The molecule has 2 N–H and O–H groups in total. The molecule has 104 valence electrons. The number of hydrogen-bond acceptors (Lipinski definition) is 5. The van der Waals surface area contributed by atoms with Crippen molar-refractivity contribution in [2.75, 3.05) is 6.61 Å². The number of thioether (sulfide) groups is 1. The molecule has 3 rings (SSSR count). The summed E-state index contributed by atoms with van der Waals surface area (Å²) < 4.78 is 1.75. The summed E-state index contributed by atoms with van der Waals surface area (Å²) in [5, 5.41) is 18.0. The molecule has 2 heterocycles. The smallest absolute Gasteiger partial charge is 0.344 e. The van der Waals surface area contributed by atoms with Gasteiger partial charge in [0.1, 0.15) is 6.61 Å². The van der Waals surface area contributed by atoms with Gasteiger partial charge in [0.05, 0.1) is 0 Å². The maximum absolute atomic E-state index is 11.6. The zero-order valence-electron chi connectivity index (χ0n) is 10.6. The quantitative estimate of drug-likeness (QED) is 0.665. The van der Waals surface area contributed by atoms with Gasteiger partial charge in [-0.1, -0.05) is 23.6 Å². The minimum absolute atomic E-state index is 0.115. The molecular formula is C13H13N3O2S2. The van der Waals surface area contributed by atoms with Crippen molar-refractivity contribution in [3.63, 3.8) is 0 Å². The second-order valence-electron chi connectivity index (χ2n) is 4.46. The molecule has 0 unspecified atom stereocenters. The Hall–Kier alpha value is -1.49. The molecule has 1 aliphatic carbocycles. The van der Waals surface area contributed by atoms with Crippen molar-refractivity contribution < 1.29 is 5.11 Å². The molecule has 0 spiro atoms. The second kappa shape index (κ2) is 5.87. The first-order valence-electron chi connectivity index (χ1n) is 6.25. The Labute approximate surface area is 124 Å². The van der Waals surface area contributed by atoms with E-state index in [-0.39, 0.29) is 12.3 Å². The lowest BCUT2D eigenvalue weighted by Gasteiger charge is -2.01. The van der Waals surface area contributed by atoms with Crippen molar-refractivity contribution in [1.82, 2.24) is 14.8 Å². The van der Waals surface area contributed by atoms with Crippen LogP contribution in [0.4, 0.5) is 0 Å². The fourth-order valence-corrected chi connectivity index (χ4v) is 3.73. The number of rotatable bonds is 4. The van der Waals surface area contributed by atoms with E-state index in [2.05, 4.69) is 22.0 Å². The van der Waals surface area contributed by atoms with Gasteiger partial charge in [0.25, 0.3) is 0 Å². The van der Waals surface area contributed by atoms with Gasteiger partial charge in [0.15, 0.2) is 5.16 Å². The van der Waals surface area contributed by atoms with Crippen LogP contribution in [0.2, 0.25) is 0 Å². The van der Waals surface area contributed by atoms with Crippen LogP contribution in [-0.2, 0) is 5.75 Å². The molecule has 0 amide bonds. The summed E-state index contributed by atoms with van der Waals surface area (Å²) >= 11 is 3.19. The summed E-state index contributed by atoms with van der Waals surface area (Å²) in [4.78, 5) is 12.8. The molecule has 2 aromatic rings. The number of aromatic nitrogens is 3. The average molecular weight is 307 g/mol. The van der Waals surface area contributed by atoms with Gasteiger partial charge in [-0.2, -0.15) is 0 Å². The number of thiophene rings is 1. The first-order valence-corrected chi connectivity index (χ1v) is 8.11. The van der Waals surface area contributed by atoms with Gasteiger partial charge in [-0.3, -0.25) is 4.57 Å². The SMILES string of the molecule is O=c1[nH]nc(SCc2cc(C#CCO)cs2)n1C1CC1. The van der Waals surface area contributed by atoms with Gasteiger partial charge in [-0.15, -0.1) is 16.4 Å². The molecule has 0 saturated heterocycles. The Morgan fingerprint density at radius 1 is 1.60 bits per heavy atom. The van der Waals surface area contributed by atoms with Crippen LogP contribution in [0.5, 0.6) is 0 Å². The van der Waals surface area contributed by atoms with Gasteiger partial charge in [0, 0.05) is 27.6 Å². The highest BCUT2D eigenvalue weighted by molar-refractivity contribution is 7.98. The molecule has 5 nitrogen and oxygen atoms in total. The monoisotopic (exact) mass is 307 g/mol. The number of nitrogens with one attached hydrogen (secondary N) is 1. The molecule has 0 radical (unpaired) electrons. The highest BCUT2D eigenvalue weighted by Gasteiger charge is 2.28. The van der Waals surface area contributed by atoms with E-state index in [1.807, 2.05) is 11.4 Å². The molecule has 0 atom stereocenters. The van der Waals surface area contributed by atoms with Gasteiger partial charge >= 0.3 is 5.69 Å². The normalized spacial score (nSPS) is 14.1. The molecule has 7 heteroatoms. The van der Waals surface area contributed by atoms with Crippen LogP contribution in [0.1, 0.15) is 29.3 Å². The van der Waals surface area contributed by atoms with Gasteiger partial charge in [-0.25, -0.2) is 9.89 Å². The summed E-state index contributed by atoms with van der Waals surface area (Å²) in [6.45, 7) is -0.124. The van der Waals surface area contributed by atoms with E-state index in [4.69, 9.17) is 5.11 Å². The van der Waals surface area contributed by atoms with Crippen LogP contribution in [-0.4, -0.2) is 26.5 Å². The maximum atomic E-state index is 11.6. The van der Waals surface area contributed by atoms with Crippen LogP contribution in [0.25, 0.3) is 0 Å². The van der Waals surface area contributed by atoms with Crippen LogP contribution >= 0.6 is 23.1 Å². The predicted molar refractivity (Wildman–Crippen MR) is 79.0 cm³/mol. The fourth-order valence-electron chi connectivity index (χ4n) is 1.85. The van der Waals surface area contributed by atoms with Crippen LogP contribution < -0.4 is 5.69 Å².